The minimum absolute atomic E-state index is 0.0371. The third kappa shape index (κ3) is 3.71. The first-order valence-corrected chi connectivity index (χ1v) is 6.56. The molecule has 21 heavy (non-hydrogen) atoms. The van der Waals surface area contributed by atoms with Gasteiger partial charge in [0.2, 0.25) is 0 Å². The van der Waals surface area contributed by atoms with Crippen LogP contribution >= 0.6 is 0 Å². The second kappa shape index (κ2) is 6.73. The van der Waals surface area contributed by atoms with Gasteiger partial charge in [-0.1, -0.05) is 24.0 Å². The van der Waals surface area contributed by atoms with E-state index in [-0.39, 0.29) is 6.61 Å². The van der Waals surface area contributed by atoms with Crippen LogP contribution in [0.3, 0.4) is 0 Å². The lowest BCUT2D eigenvalue weighted by Gasteiger charge is -2.06. The summed E-state index contributed by atoms with van der Waals surface area (Å²) >= 11 is 0. The highest BCUT2D eigenvalue weighted by Crippen LogP contribution is 2.05. The summed E-state index contributed by atoms with van der Waals surface area (Å²) in [5.74, 6) is 5.79. The van der Waals surface area contributed by atoms with Crippen LogP contribution in [0.2, 0.25) is 0 Å². The summed E-state index contributed by atoms with van der Waals surface area (Å²) in [6, 6.07) is 7.46. The predicted octanol–water partition coefficient (Wildman–Crippen LogP) is 0.329. The van der Waals surface area contributed by atoms with Gasteiger partial charge in [-0.15, -0.1) is 0 Å². The van der Waals surface area contributed by atoms with E-state index in [0.717, 1.165) is 11.1 Å². The number of hydrogen-bond donors (Lipinski definition) is 1. The van der Waals surface area contributed by atoms with Crippen molar-refractivity contribution in [1.29, 1.82) is 0 Å². The molecule has 5 heteroatoms. The van der Waals surface area contributed by atoms with Gasteiger partial charge in [0, 0.05) is 31.4 Å². The van der Waals surface area contributed by atoms with Crippen molar-refractivity contribution in [2.75, 3.05) is 6.61 Å². The molecule has 5 nitrogen and oxygen atoms in total. The van der Waals surface area contributed by atoms with Crippen molar-refractivity contribution in [3.05, 3.63) is 68.5 Å². The van der Waals surface area contributed by atoms with E-state index in [2.05, 4.69) is 11.8 Å². The molecule has 0 spiro atoms. The molecule has 0 aliphatic rings. The third-order valence-corrected chi connectivity index (χ3v) is 2.98. The minimum atomic E-state index is -0.545. The van der Waals surface area contributed by atoms with Gasteiger partial charge >= 0.3 is 11.1 Å². The van der Waals surface area contributed by atoms with Crippen molar-refractivity contribution in [2.24, 2.45) is 7.05 Å². The molecule has 1 heterocycles. The first kappa shape index (κ1) is 14.8. The number of benzene rings is 1. The van der Waals surface area contributed by atoms with Crippen LogP contribution in [0.15, 0.2) is 46.2 Å². The molecule has 0 aliphatic carbocycles. The Labute approximate surface area is 122 Å². The topological polar surface area (TPSA) is 64.2 Å². The zero-order chi connectivity index (χ0) is 15.2. The second-order valence-corrected chi connectivity index (χ2v) is 4.62. The average molecular weight is 284 g/mol. The van der Waals surface area contributed by atoms with Crippen LogP contribution in [-0.2, 0) is 13.6 Å². The van der Waals surface area contributed by atoms with Crippen molar-refractivity contribution < 1.29 is 5.11 Å². The van der Waals surface area contributed by atoms with Crippen LogP contribution in [0.1, 0.15) is 17.5 Å². The molecule has 0 fully saturated rings. The molecule has 0 aliphatic heterocycles. The molecular formula is C16H16N2O3. The van der Waals surface area contributed by atoms with Crippen LogP contribution in [0.25, 0.3) is 0 Å². The van der Waals surface area contributed by atoms with Gasteiger partial charge < -0.3 is 14.2 Å². The van der Waals surface area contributed by atoms with E-state index in [9.17, 15) is 9.59 Å². The highest BCUT2D eigenvalue weighted by Gasteiger charge is 2.03. The smallest absolute Gasteiger partial charge is 0.316 e. The third-order valence-electron chi connectivity index (χ3n) is 2.98. The molecule has 1 aromatic carbocycles. The molecule has 0 saturated heterocycles. The molecule has 2 aromatic rings. The minimum Gasteiger partial charge on any atom is -0.395 e. The number of aryl methyl sites for hydroxylation is 1. The predicted molar refractivity (Wildman–Crippen MR) is 80.1 cm³/mol. The van der Waals surface area contributed by atoms with Crippen LogP contribution in [-0.4, -0.2) is 20.8 Å². The molecule has 0 bridgehead atoms. The van der Waals surface area contributed by atoms with E-state index >= 15 is 0 Å². The maximum absolute atomic E-state index is 11.9. The monoisotopic (exact) mass is 284 g/mol. The van der Waals surface area contributed by atoms with Gasteiger partial charge in [-0.3, -0.25) is 9.59 Å². The number of aliphatic hydroxyl groups excluding tert-OH is 1. The molecule has 108 valence electrons. The summed E-state index contributed by atoms with van der Waals surface area (Å²) in [4.78, 5) is 23.5. The van der Waals surface area contributed by atoms with Crippen molar-refractivity contribution in [3.8, 4) is 11.8 Å². The van der Waals surface area contributed by atoms with Gasteiger partial charge in [-0.2, -0.15) is 0 Å². The summed E-state index contributed by atoms with van der Waals surface area (Å²) in [5, 5.41) is 8.70. The number of aliphatic hydroxyl groups is 1. The average Bonchev–Trinajstić information content (AvgIpc) is 2.49. The van der Waals surface area contributed by atoms with Gasteiger partial charge in [-0.25, -0.2) is 0 Å². The molecule has 0 unspecified atom stereocenters. The Morgan fingerprint density at radius 2 is 2.00 bits per heavy atom. The Hall–Kier alpha value is -2.58. The Morgan fingerprint density at radius 3 is 2.76 bits per heavy atom. The lowest BCUT2D eigenvalue weighted by Crippen LogP contribution is -2.39. The van der Waals surface area contributed by atoms with Crippen LogP contribution in [0, 0.1) is 11.8 Å². The van der Waals surface area contributed by atoms with Crippen molar-refractivity contribution in [1.82, 2.24) is 9.13 Å². The zero-order valence-corrected chi connectivity index (χ0v) is 11.7. The van der Waals surface area contributed by atoms with E-state index in [4.69, 9.17) is 5.11 Å². The number of rotatable bonds is 3. The first-order chi connectivity index (χ1) is 10.1. The summed E-state index contributed by atoms with van der Waals surface area (Å²) in [5.41, 5.74) is 0.618. The molecule has 0 amide bonds. The standard InChI is InChI=1S/C16H16N2O3/c1-17-8-9-18(16(21)15(17)20)12-14-7-4-6-13(11-14)5-2-3-10-19/h4,6-9,11,19H,3,10,12H2,1H3. The van der Waals surface area contributed by atoms with E-state index < -0.39 is 11.1 Å². The molecule has 1 N–H and O–H groups in total. The number of aromatic nitrogens is 2. The molecule has 0 saturated carbocycles. The maximum atomic E-state index is 11.9. The van der Waals surface area contributed by atoms with Crippen LogP contribution in [0.4, 0.5) is 0 Å². The van der Waals surface area contributed by atoms with E-state index in [1.165, 1.54) is 9.13 Å². The maximum Gasteiger partial charge on any atom is 0.316 e. The molecule has 2 rings (SSSR count). The Balaban J connectivity index is 2.27. The molecular weight excluding hydrogens is 268 g/mol. The van der Waals surface area contributed by atoms with Crippen molar-refractivity contribution in [2.45, 2.75) is 13.0 Å². The largest absolute Gasteiger partial charge is 0.395 e. The SMILES string of the molecule is Cn1ccn(Cc2cccc(C#CCCO)c2)c(=O)c1=O. The van der Waals surface area contributed by atoms with Gasteiger partial charge in [-0.05, 0) is 17.7 Å². The highest BCUT2D eigenvalue weighted by atomic mass is 16.2. The van der Waals surface area contributed by atoms with Crippen LogP contribution in [0.5, 0.6) is 0 Å². The molecule has 0 radical (unpaired) electrons. The fourth-order valence-corrected chi connectivity index (χ4v) is 1.88. The lowest BCUT2D eigenvalue weighted by atomic mass is 10.1. The first-order valence-electron chi connectivity index (χ1n) is 6.56. The molecule has 1 aromatic heterocycles. The van der Waals surface area contributed by atoms with Crippen molar-refractivity contribution in [3.63, 3.8) is 0 Å². The quantitative estimate of drug-likeness (QED) is 0.652. The van der Waals surface area contributed by atoms with E-state index in [0.29, 0.717) is 13.0 Å². The Bertz CT molecular complexity index is 806. The van der Waals surface area contributed by atoms with E-state index in [1.807, 2.05) is 24.3 Å². The number of hydrogen-bond acceptors (Lipinski definition) is 3. The van der Waals surface area contributed by atoms with Gasteiger partial charge in [0.15, 0.2) is 0 Å². The van der Waals surface area contributed by atoms with Gasteiger partial charge in [0.05, 0.1) is 13.2 Å². The van der Waals surface area contributed by atoms with E-state index in [1.54, 1.807) is 19.4 Å². The second-order valence-electron chi connectivity index (χ2n) is 4.62. The summed E-state index contributed by atoms with van der Waals surface area (Å²) in [6.45, 7) is 0.361. The normalized spacial score (nSPS) is 10.0. The summed E-state index contributed by atoms with van der Waals surface area (Å²) < 4.78 is 2.64. The Kier molecular flexibility index (Phi) is 4.75. The summed E-state index contributed by atoms with van der Waals surface area (Å²) in [6.07, 6.45) is 3.58. The zero-order valence-electron chi connectivity index (χ0n) is 11.7. The fraction of sp³-hybridized carbons (Fsp3) is 0.250. The highest BCUT2D eigenvalue weighted by molar-refractivity contribution is 5.37. The number of nitrogens with zero attached hydrogens (tertiary/aromatic N) is 2. The summed E-state index contributed by atoms with van der Waals surface area (Å²) in [7, 11) is 1.55. The van der Waals surface area contributed by atoms with Crippen LogP contribution < -0.4 is 11.1 Å². The molecule has 0 atom stereocenters. The Morgan fingerprint density at radius 1 is 1.19 bits per heavy atom. The van der Waals surface area contributed by atoms with Gasteiger partial charge in [0.1, 0.15) is 0 Å². The lowest BCUT2D eigenvalue weighted by molar-refractivity contribution is 0.305. The van der Waals surface area contributed by atoms with Crippen molar-refractivity contribution >= 4 is 0 Å². The van der Waals surface area contributed by atoms with Gasteiger partial charge in [0.25, 0.3) is 0 Å². The fourth-order valence-electron chi connectivity index (χ4n) is 1.88.